The fraction of sp³-hybridized carbons (Fsp3) is 0.741. The molecule has 1 spiro atoms. The van der Waals surface area contributed by atoms with Crippen molar-refractivity contribution >= 4 is 29.5 Å². The van der Waals surface area contributed by atoms with E-state index in [1.807, 2.05) is 0 Å². The number of aliphatic hydroxyl groups excluding tert-OH is 1. The topological polar surface area (TPSA) is 93.6 Å². The Morgan fingerprint density at radius 2 is 1.92 bits per heavy atom. The number of hydrogen-bond donors (Lipinski definition) is 1. The van der Waals surface area contributed by atoms with Crippen LogP contribution >= 0.6 is 11.8 Å². The van der Waals surface area contributed by atoms with Gasteiger partial charge in [0.05, 0.1) is 42.4 Å². The van der Waals surface area contributed by atoms with E-state index in [0.29, 0.717) is 39.4 Å². The second kappa shape index (κ2) is 11.5. The van der Waals surface area contributed by atoms with Crippen LogP contribution in [0, 0.1) is 17.8 Å². The van der Waals surface area contributed by atoms with Crippen LogP contribution in [0.1, 0.15) is 20.3 Å². The van der Waals surface area contributed by atoms with Crippen molar-refractivity contribution in [1.29, 1.82) is 0 Å². The number of likely N-dealkylation sites (tertiary alicyclic amines) is 1. The summed E-state index contributed by atoms with van der Waals surface area (Å²) < 4.78 is 4.76. The maximum absolute atomic E-state index is 14.4. The Morgan fingerprint density at radius 1 is 1.24 bits per heavy atom. The van der Waals surface area contributed by atoms with Crippen molar-refractivity contribution in [2.75, 3.05) is 66.1 Å². The highest BCUT2D eigenvalue weighted by Crippen LogP contribution is 2.69. The number of ether oxygens (including phenoxy) is 1. The summed E-state index contributed by atoms with van der Waals surface area (Å²) in [6.07, 6.45) is 4.19. The van der Waals surface area contributed by atoms with Crippen molar-refractivity contribution in [1.82, 2.24) is 19.6 Å². The maximum atomic E-state index is 14.4. The van der Waals surface area contributed by atoms with Crippen LogP contribution in [0.5, 0.6) is 0 Å². The highest BCUT2D eigenvalue weighted by molar-refractivity contribution is 8.02. The molecule has 4 aliphatic heterocycles. The molecule has 206 valence electrons. The van der Waals surface area contributed by atoms with Crippen molar-refractivity contribution in [2.45, 2.75) is 42.3 Å². The first kappa shape index (κ1) is 28.1. The molecule has 1 N–H and O–H groups in total. The number of hydrogen-bond acceptors (Lipinski definition) is 7. The number of fused-ring (bicyclic) bond motifs is 1. The van der Waals surface area contributed by atoms with Crippen LogP contribution in [-0.2, 0) is 19.1 Å². The molecule has 37 heavy (non-hydrogen) atoms. The van der Waals surface area contributed by atoms with Crippen LogP contribution in [0.15, 0.2) is 25.3 Å². The predicted molar refractivity (Wildman–Crippen MR) is 144 cm³/mol. The summed E-state index contributed by atoms with van der Waals surface area (Å²) in [6, 6.07) is -1.26. The third-order valence-electron chi connectivity index (χ3n) is 8.67. The van der Waals surface area contributed by atoms with Crippen LogP contribution in [0.4, 0.5) is 0 Å². The Hall–Kier alpha value is -1.88. The lowest BCUT2D eigenvalue weighted by Gasteiger charge is -2.42. The van der Waals surface area contributed by atoms with Gasteiger partial charge in [0.15, 0.2) is 0 Å². The van der Waals surface area contributed by atoms with Gasteiger partial charge < -0.3 is 24.5 Å². The zero-order chi connectivity index (χ0) is 26.9. The molecule has 0 radical (unpaired) electrons. The highest BCUT2D eigenvalue weighted by Gasteiger charge is 2.76. The summed E-state index contributed by atoms with van der Waals surface area (Å²) in [6.45, 7) is 16.3. The minimum Gasteiger partial charge on any atom is -0.394 e. The zero-order valence-electron chi connectivity index (χ0n) is 22.4. The average molecular weight is 535 g/mol. The molecule has 7 atom stereocenters. The van der Waals surface area contributed by atoms with E-state index in [1.165, 1.54) is 0 Å². The van der Waals surface area contributed by atoms with Crippen molar-refractivity contribution in [3.05, 3.63) is 25.3 Å². The number of morpholine rings is 1. The molecule has 0 aromatic rings. The summed E-state index contributed by atoms with van der Waals surface area (Å²) in [4.78, 5) is 49.4. The lowest BCUT2D eigenvalue weighted by Crippen LogP contribution is -2.59. The molecule has 3 unspecified atom stereocenters. The molecule has 4 fully saturated rings. The number of likely N-dealkylation sites (N-methyl/N-ethyl adjacent to an activating group) is 1. The quantitative estimate of drug-likeness (QED) is 0.390. The number of carbonyl (C=O) groups excluding carboxylic acids is 3. The molecule has 3 amide bonds. The third-order valence-corrected chi connectivity index (χ3v) is 10.7. The lowest BCUT2D eigenvalue weighted by molar-refractivity contribution is -0.146. The number of rotatable bonds is 11. The van der Waals surface area contributed by atoms with Crippen LogP contribution in [0.25, 0.3) is 0 Å². The smallest absolute Gasteiger partial charge is 0.247 e. The largest absolute Gasteiger partial charge is 0.394 e. The Balaban J connectivity index is 1.68. The molecule has 0 aromatic carbocycles. The van der Waals surface area contributed by atoms with E-state index >= 15 is 0 Å². The van der Waals surface area contributed by atoms with Gasteiger partial charge >= 0.3 is 0 Å². The van der Waals surface area contributed by atoms with Gasteiger partial charge in [-0.05, 0) is 19.3 Å². The summed E-state index contributed by atoms with van der Waals surface area (Å²) in [5.74, 6) is -1.34. The molecule has 4 rings (SSSR count). The van der Waals surface area contributed by atoms with E-state index in [-0.39, 0.29) is 35.5 Å². The van der Waals surface area contributed by atoms with Crippen molar-refractivity contribution in [2.24, 2.45) is 17.8 Å². The SMILES string of the molecule is C=CCN(C)C(=O)[C@@H]1[C@H]2C(=O)N([C@H](C)CO)C(C(=O)N(CC=C)CCN3CCOCC3)C23S[C@@H]1CC3C. The first-order chi connectivity index (χ1) is 17.7. The van der Waals surface area contributed by atoms with Crippen LogP contribution in [-0.4, -0.2) is 131 Å². The second-order valence-corrected chi connectivity index (χ2v) is 12.4. The number of amides is 3. The summed E-state index contributed by atoms with van der Waals surface area (Å²) in [5.41, 5.74) is 0. The van der Waals surface area contributed by atoms with E-state index in [2.05, 4.69) is 25.0 Å². The molecule has 2 bridgehead atoms. The first-order valence-electron chi connectivity index (χ1n) is 13.4. The van der Waals surface area contributed by atoms with E-state index in [9.17, 15) is 19.5 Å². The van der Waals surface area contributed by atoms with Gasteiger partial charge in [0.25, 0.3) is 0 Å². The maximum Gasteiger partial charge on any atom is 0.247 e. The van der Waals surface area contributed by atoms with Gasteiger partial charge in [-0.2, -0.15) is 0 Å². The average Bonchev–Trinajstić information content (AvgIpc) is 3.49. The van der Waals surface area contributed by atoms with E-state index in [4.69, 9.17) is 4.74 Å². The summed E-state index contributed by atoms with van der Waals surface area (Å²) in [7, 11) is 1.74. The predicted octanol–water partition coefficient (Wildman–Crippen LogP) is 0.696. The number of aliphatic hydroxyl groups is 1. The van der Waals surface area contributed by atoms with Gasteiger partial charge in [-0.15, -0.1) is 24.9 Å². The van der Waals surface area contributed by atoms with E-state index < -0.39 is 28.7 Å². The van der Waals surface area contributed by atoms with Gasteiger partial charge in [-0.3, -0.25) is 19.3 Å². The standard InChI is InChI=1S/C27H42N4O5S/c1-6-8-28(5)24(33)21-20-16-18(3)27(37-20)22(21)25(34)31(19(4)17-32)23(27)26(35)30(9-7-2)11-10-29-12-14-36-15-13-29/h6-7,18-23,32H,1-2,8-17H2,3-5H3/t18?,19-,20-,21+,22+,23?,27?/m1/s1. The van der Waals surface area contributed by atoms with E-state index in [1.54, 1.807) is 52.6 Å². The lowest BCUT2D eigenvalue weighted by atomic mass is 9.65. The Kier molecular flexibility index (Phi) is 8.72. The first-order valence-corrected chi connectivity index (χ1v) is 14.3. The molecular formula is C27H42N4O5S. The fourth-order valence-corrected chi connectivity index (χ4v) is 9.22. The van der Waals surface area contributed by atoms with Gasteiger partial charge in [0, 0.05) is 51.6 Å². The minimum atomic E-state index is -0.732. The molecule has 10 heteroatoms. The second-order valence-electron chi connectivity index (χ2n) is 10.9. The summed E-state index contributed by atoms with van der Waals surface area (Å²) in [5, 5.41) is 10.1. The van der Waals surface area contributed by atoms with Gasteiger partial charge in [-0.25, -0.2) is 0 Å². The monoisotopic (exact) mass is 534 g/mol. The van der Waals surface area contributed by atoms with Crippen LogP contribution in [0.3, 0.4) is 0 Å². The van der Waals surface area contributed by atoms with Crippen molar-refractivity contribution < 1.29 is 24.2 Å². The van der Waals surface area contributed by atoms with E-state index in [0.717, 1.165) is 19.5 Å². The Bertz CT molecular complexity index is 911. The van der Waals surface area contributed by atoms with Gasteiger partial charge in [0.2, 0.25) is 17.7 Å². The molecule has 4 aliphatic rings. The van der Waals surface area contributed by atoms with Crippen molar-refractivity contribution in [3.63, 3.8) is 0 Å². The van der Waals surface area contributed by atoms with Crippen LogP contribution < -0.4 is 0 Å². The Morgan fingerprint density at radius 3 is 2.54 bits per heavy atom. The molecule has 0 aromatic heterocycles. The Labute approximate surface area is 224 Å². The van der Waals surface area contributed by atoms with Gasteiger partial charge in [-0.1, -0.05) is 19.1 Å². The molecule has 4 saturated heterocycles. The molecule has 0 saturated carbocycles. The number of nitrogens with zero attached hydrogens (tertiary/aromatic N) is 4. The fourth-order valence-electron chi connectivity index (χ4n) is 6.83. The zero-order valence-corrected chi connectivity index (χ0v) is 23.2. The summed E-state index contributed by atoms with van der Waals surface area (Å²) >= 11 is 1.67. The molecule has 4 heterocycles. The normalized spacial score (nSPS) is 33.8. The molecule has 9 nitrogen and oxygen atoms in total. The van der Waals surface area contributed by atoms with Gasteiger partial charge in [0.1, 0.15) is 6.04 Å². The minimum absolute atomic E-state index is 0.00759. The van der Waals surface area contributed by atoms with Crippen molar-refractivity contribution in [3.8, 4) is 0 Å². The highest BCUT2D eigenvalue weighted by atomic mass is 32.2. The molecular weight excluding hydrogens is 492 g/mol. The number of thioether (sulfide) groups is 1. The number of carbonyl (C=O) groups is 3. The molecule has 0 aliphatic carbocycles. The third kappa shape index (κ3) is 4.75. The van der Waals surface area contributed by atoms with Crippen LogP contribution in [0.2, 0.25) is 0 Å².